The van der Waals surface area contributed by atoms with Gasteiger partial charge in [-0.25, -0.2) is 0 Å². The van der Waals surface area contributed by atoms with Crippen molar-refractivity contribution in [3.63, 3.8) is 0 Å². The summed E-state index contributed by atoms with van der Waals surface area (Å²) in [6.45, 7) is 2.21. The zero-order chi connectivity index (χ0) is 13.8. The lowest BCUT2D eigenvalue weighted by Gasteiger charge is -2.25. The second kappa shape index (κ2) is 5.73. The highest BCUT2D eigenvalue weighted by molar-refractivity contribution is 6.04. The molecule has 1 aromatic heterocycles. The maximum atomic E-state index is 12.1. The van der Waals surface area contributed by atoms with Gasteiger partial charge in [0.05, 0.1) is 11.8 Å². The zero-order valence-electron chi connectivity index (χ0n) is 10.9. The van der Waals surface area contributed by atoms with E-state index in [1.807, 2.05) is 0 Å². The average molecular weight is 265 g/mol. The molecule has 0 bridgehead atoms. The first kappa shape index (κ1) is 13.4. The van der Waals surface area contributed by atoms with Gasteiger partial charge in [-0.2, -0.15) is 5.10 Å². The number of aromatic amines is 1. The van der Waals surface area contributed by atoms with Crippen LogP contribution in [0.5, 0.6) is 0 Å². The molecule has 7 heteroatoms. The Morgan fingerprint density at radius 1 is 1.53 bits per heavy atom. The van der Waals surface area contributed by atoms with Crippen molar-refractivity contribution in [1.82, 2.24) is 10.2 Å². The van der Waals surface area contributed by atoms with Crippen molar-refractivity contribution in [2.75, 3.05) is 5.32 Å². The number of nitrogens with zero attached hydrogens (tertiary/aromatic N) is 2. The van der Waals surface area contributed by atoms with Gasteiger partial charge < -0.3 is 16.3 Å². The third-order valence-corrected chi connectivity index (χ3v) is 3.66. The normalized spacial score (nSPS) is 24.2. The fraction of sp³-hybridized carbons (Fsp3) is 0.583. The van der Waals surface area contributed by atoms with Gasteiger partial charge in [-0.05, 0) is 31.6 Å². The van der Waals surface area contributed by atoms with Gasteiger partial charge in [-0.15, -0.1) is 0 Å². The van der Waals surface area contributed by atoms with Gasteiger partial charge in [-0.1, -0.05) is 12.1 Å². The van der Waals surface area contributed by atoms with Gasteiger partial charge in [0.25, 0.3) is 0 Å². The van der Waals surface area contributed by atoms with Crippen molar-refractivity contribution in [1.29, 1.82) is 0 Å². The van der Waals surface area contributed by atoms with Crippen LogP contribution in [0, 0.1) is 11.8 Å². The molecule has 1 aliphatic rings. The molecular formula is C12H19N5O2. The van der Waals surface area contributed by atoms with Crippen LogP contribution in [0.3, 0.4) is 0 Å². The second-order valence-corrected chi connectivity index (χ2v) is 5.09. The standard InChI is InChI=1S/C12H19N5O2/c1-7-2-4-8(5-3-7)12(18)15-11-9(6-14-16-11)10(13)17-19/h6-8,19H,2-5H2,1H3,(H2,13,17)(H2,14,15,16,18). The van der Waals surface area contributed by atoms with Gasteiger partial charge in [0, 0.05) is 5.92 Å². The van der Waals surface area contributed by atoms with Gasteiger partial charge in [-0.3, -0.25) is 9.89 Å². The van der Waals surface area contributed by atoms with Gasteiger partial charge in [0.15, 0.2) is 5.84 Å². The summed E-state index contributed by atoms with van der Waals surface area (Å²) >= 11 is 0. The van der Waals surface area contributed by atoms with Crippen LogP contribution in [0.2, 0.25) is 0 Å². The van der Waals surface area contributed by atoms with E-state index in [-0.39, 0.29) is 17.7 Å². The maximum Gasteiger partial charge on any atom is 0.228 e. The number of carbonyl (C=O) groups excluding carboxylic acids is 1. The topological polar surface area (TPSA) is 116 Å². The number of nitrogens with two attached hydrogens (primary N) is 1. The molecule has 1 aliphatic carbocycles. The first-order chi connectivity index (χ1) is 9.11. The fourth-order valence-electron chi connectivity index (χ4n) is 2.38. The van der Waals surface area contributed by atoms with Crippen LogP contribution < -0.4 is 11.1 Å². The number of aromatic nitrogens is 2. The molecule has 0 aromatic carbocycles. The lowest BCUT2D eigenvalue weighted by Crippen LogP contribution is -2.27. The summed E-state index contributed by atoms with van der Waals surface area (Å²) in [4.78, 5) is 12.1. The Kier molecular flexibility index (Phi) is 4.03. The van der Waals surface area contributed by atoms with Gasteiger partial charge >= 0.3 is 0 Å². The highest BCUT2D eigenvalue weighted by Crippen LogP contribution is 2.29. The third-order valence-electron chi connectivity index (χ3n) is 3.66. The number of amides is 1. The molecule has 19 heavy (non-hydrogen) atoms. The summed E-state index contributed by atoms with van der Waals surface area (Å²) in [5.74, 6) is 0.979. The Bertz CT molecular complexity index is 474. The zero-order valence-corrected chi connectivity index (χ0v) is 10.9. The van der Waals surface area contributed by atoms with E-state index in [2.05, 4.69) is 27.6 Å². The molecule has 0 atom stereocenters. The highest BCUT2D eigenvalue weighted by atomic mass is 16.4. The number of H-pyrrole nitrogens is 1. The van der Waals surface area contributed by atoms with Crippen molar-refractivity contribution in [2.24, 2.45) is 22.7 Å². The van der Waals surface area contributed by atoms with Gasteiger partial charge in [0.1, 0.15) is 5.82 Å². The Labute approximate surface area is 111 Å². The second-order valence-electron chi connectivity index (χ2n) is 5.09. The van der Waals surface area contributed by atoms with Crippen LogP contribution in [0.4, 0.5) is 5.82 Å². The van der Waals surface area contributed by atoms with Crippen molar-refractivity contribution in [2.45, 2.75) is 32.6 Å². The van der Waals surface area contributed by atoms with Crippen molar-refractivity contribution in [3.05, 3.63) is 11.8 Å². The molecule has 104 valence electrons. The van der Waals surface area contributed by atoms with E-state index in [1.54, 1.807) is 0 Å². The summed E-state index contributed by atoms with van der Waals surface area (Å²) in [5.41, 5.74) is 5.89. The summed E-state index contributed by atoms with van der Waals surface area (Å²) in [6, 6.07) is 0. The minimum absolute atomic E-state index is 0.0274. The van der Waals surface area contributed by atoms with Crippen LogP contribution in [0.1, 0.15) is 38.2 Å². The number of rotatable bonds is 3. The molecule has 0 radical (unpaired) electrons. The van der Waals surface area contributed by atoms with Crippen LogP contribution in [-0.2, 0) is 4.79 Å². The number of hydrogen-bond acceptors (Lipinski definition) is 4. The number of anilines is 1. The molecule has 0 spiro atoms. The summed E-state index contributed by atoms with van der Waals surface area (Å²) in [6.07, 6.45) is 5.37. The Balaban J connectivity index is 2.01. The van der Waals surface area contributed by atoms with Crippen molar-refractivity contribution in [3.8, 4) is 0 Å². The molecule has 0 aliphatic heterocycles. The largest absolute Gasteiger partial charge is 0.409 e. The molecule has 7 nitrogen and oxygen atoms in total. The van der Waals surface area contributed by atoms with E-state index in [0.29, 0.717) is 17.3 Å². The van der Waals surface area contributed by atoms with Crippen LogP contribution in [0.25, 0.3) is 0 Å². The lowest BCUT2D eigenvalue weighted by atomic mass is 9.82. The van der Waals surface area contributed by atoms with E-state index >= 15 is 0 Å². The highest BCUT2D eigenvalue weighted by Gasteiger charge is 2.25. The summed E-state index contributed by atoms with van der Waals surface area (Å²) in [7, 11) is 0. The van der Waals surface area contributed by atoms with E-state index < -0.39 is 0 Å². The predicted molar refractivity (Wildman–Crippen MR) is 70.9 cm³/mol. The summed E-state index contributed by atoms with van der Waals surface area (Å²) in [5, 5.41) is 20.8. The molecule has 5 N–H and O–H groups in total. The molecule has 1 heterocycles. The number of hydrogen-bond donors (Lipinski definition) is 4. The number of nitrogens with one attached hydrogen (secondary N) is 2. The Morgan fingerprint density at radius 2 is 2.21 bits per heavy atom. The lowest BCUT2D eigenvalue weighted by molar-refractivity contribution is -0.121. The van der Waals surface area contributed by atoms with E-state index in [0.717, 1.165) is 25.7 Å². The number of carbonyl (C=O) groups is 1. The van der Waals surface area contributed by atoms with E-state index in [9.17, 15) is 4.79 Å². The number of oxime groups is 1. The molecule has 1 amide bonds. The first-order valence-electron chi connectivity index (χ1n) is 6.44. The predicted octanol–water partition coefficient (Wildman–Crippen LogP) is 1.27. The Hall–Kier alpha value is -2.05. The fourth-order valence-corrected chi connectivity index (χ4v) is 2.38. The molecular weight excluding hydrogens is 246 g/mol. The SMILES string of the molecule is CC1CCC(C(=O)Nc2[nH]ncc2C(N)=NO)CC1. The smallest absolute Gasteiger partial charge is 0.228 e. The molecule has 1 aromatic rings. The monoisotopic (exact) mass is 265 g/mol. The minimum atomic E-state index is -0.0821. The molecule has 0 saturated heterocycles. The van der Waals surface area contributed by atoms with Crippen LogP contribution in [-0.4, -0.2) is 27.1 Å². The molecule has 0 unspecified atom stereocenters. The minimum Gasteiger partial charge on any atom is -0.409 e. The van der Waals surface area contributed by atoms with Crippen LogP contribution in [0.15, 0.2) is 11.4 Å². The molecule has 1 saturated carbocycles. The van der Waals surface area contributed by atoms with Crippen LogP contribution >= 0.6 is 0 Å². The first-order valence-corrected chi connectivity index (χ1v) is 6.44. The average Bonchev–Trinajstić information content (AvgIpc) is 2.86. The molecule has 1 fully saturated rings. The quantitative estimate of drug-likeness (QED) is 0.285. The Morgan fingerprint density at radius 3 is 2.84 bits per heavy atom. The van der Waals surface area contributed by atoms with Crippen molar-refractivity contribution >= 4 is 17.6 Å². The summed E-state index contributed by atoms with van der Waals surface area (Å²) < 4.78 is 0. The molecule has 2 rings (SSSR count). The third kappa shape index (κ3) is 3.04. The van der Waals surface area contributed by atoms with Gasteiger partial charge in [0.2, 0.25) is 5.91 Å². The van der Waals surface area contributed by atoms with E-state index in [1.165, 1.54) is 6.20 Å². The van der Waals surface area contributed by atoms with Crippen molar-refractivity contribution < 1.29 is 10.0 Å². The number of amidine groups is 1. The maximum absolute atomic E-state index is 12.1. The van der Waals surface area contributed by atoms with E-state index in [4.69, 9.17) is 10.9 Å².